The molecule has 0 amide bonds. The molecule has 51 valence electrons. The lowest BCUT2D eigenvalue weighted by atomic mass is 9.88. The molecule has 1 radical (unpaired) electrons. The molecule has 0 bridgehead atoms. The first kappa shape index (κ1) is 7.64. The third-order valence-electron chi connectivity index (χ3n) is 1.34. The molecule has 0 heterocycles. The molecule has 0 aliphatic heterocycles. The first-order valence-corrected chi connectivity index (χ1v) is 3.35. The minimum Gasteiger partial charge on any atom is -0.450 e. The molecular weight excluding hydrogens is 146 g/mol. The number of hydrogen-bond acceptors (Lipinski definition) is 1. The molecule has 1 N–H and O–H groups in total. The highest BCUT2D eigenvalue weighted by Crippen LogP contribution is 2.10. The average Bonchev–Trinajstić information content (AvgIpc) is 1.95. The van der Waals surface area contributed by atoms with Crippen molar-refractivity contribution in [2.75, 3.05) is 0 Å². The predicted molar refractivity (Wildman–Crippen MR) is 43.8 cm³/mol. The Morgan fingerprint density at radius 2 is 2.20 bits per heavy atom. The summed E-state index contributed by atoms with van der Waals surface area (Å²) >= 11 is 5.76. The van der Waals surface area contributed by atoms with Crippen LogP contribution in [0.4, 0.5) is 0 Å². The predicted octanol–water partition coefficient (Wildman–Crippen LogP) is 0.885. The van der Waals surface area contributed by atoms with Gasteiger partial charge in [0.05, 0.1) is 0 Å². The molecule has 0 saturated heterocycles. The maximum absolute atomic E-state index is 8.57. The maximum atomic E-state index is 8.57. The van der Waals surface area contributed by atoms with Gasteiger partial charge in [0, 0.05) is 5.02 Å². The highest BCUT2D eigenvalue weighted by molar-refractivity contribution is 6.46. The van der Waals surface area contributed by atoms with E-state index in [1.165, 1.54) is 0 Å². The number of halogens is 1. The quantitative estimate of drug-likeness (QED) is 0.594. The molecule has 1 rings (SSSR count). The van der Waals surface area contributed by atoms with Gasteiger partial charge in [-0.1, -0.05) is 29.2 Å². The maximum Gasteiger partial charge on any atom is 0.326 e. The molecule has 3 heteroatoms. The van der Waals surface area contributed by atoms with Gasteiger partial charge in [0.25, 0.3) is 0 Å². The lowest BCUT2D eigenvalue weighted by Gasteiger charge is -1.97. The van der Waals surface area contributed by atoms with Crippen LogP contribution in [0.2, 0.25) is 5.02 Å². The second-order valence-corrected chi connectivity index (χ2v) is 2.54. The molecule has 0 spiro atoms. The third kappa shape index (κ3) is 1.52. The Labute approximate surface area is 65.9 Å². The van der Waals surface area contributed by atoms with Crippen molar-refractivity contribution in [3.05, 3.63) is 28.8 Å². The van der Waals surface area contributed by atoms with Crippen molar-refractivity contribution in [3.63, 3.8) is 0 Å². The van der Waals surface area contributed by atoms with Gasteiger partial charge in [-0.25, -0.2) is 0 Å². The Morgan fingerprint density at radius 3 is 2.70 bits per heavy atom. The van der Waals surface area contributed by atoms with Gasteiger partial charge >= 0.3 is 7.48 Å². The van der Waals surface area contributed by atoms with Gasteiger partial charge in [0.2, 0.25) is 0 Å². The zero-order valence-electron chi connectivity index (χ0n) is 5.63. The molecule has 0 aliphatic carbocycles. The third-order valence-corrected chi connectivity index (χ3v) is 1.75. The standard InChI is InChI=1S/C7H7BClO/c1-5-2-3-6(8-10)4-7(5)9/h2-4,10H,1H3. The van der Waals surface area contributed by atoms with Crippen LogP contribution in [0.1, 0.15) is 5.56 Å². The van der Waals surface area contributed by atoms with Gasteiger partial charge in [-0.15, -0.1) is 0 Å². The molecule has 0 fully saturated rings. The van der Waals surface area contributed by atoms with Crippen LogP contribution in [0.5, 0.6) is 0 Å². The minimum atomic E-state index is 0.683. The smallest absolute Gasteiger partial charge is 0.326 e. The summed E-state index contributed by atoms with van der Waals surface area (Å²) in [5, 5.41) is 9.25. The fourth-order valence-corrected chi connectivity index (χ4v) is 0.878. The van der Waals surface area contributed by atoms with Gasteiger partial charge in [-0.2, -0.15) is 0 Å². The summed E-state index contributed by atoms with van der Waals surface area (Å²) in [5.41, 5.74) is 1.75. The summed E-state index contributed by atoms with van der Waals surface area (Å²) in [6.45, 7) is 1.92. The van der Waals surface area contributed by atoms with E-state index in [0.29, 0.717) is 5.02 Å². The van der Waals surface area contributed by atoms with Crippen LogP contribution in [0.3, 0.4) is 0 Å². The van der Waals surface area contributed by atoms with Crippen LogP contribution in [-0.2, 0) is 0 Å². The Kier molecular flexibility index (Phi) is 2.36. The Hall–Kier alpha value is -0.465. The van der Waals surface area contributed by atoms with E-state index in [1.54, 1.807) is 12.1 Å². The topological polar surface area (TPSA) is 20.2 Å². The minimum absolute atomic E-state index is 0.683. The molecule has 0 aliphatic rings. The average molecular weight is 153 g/mol. The lowest BCUT2D eigenvalue weighted by molar-refractivity contribution is 0.615. The van der Waals surface area contributed by atoms with Crippen molar-refractivity contribution >= 4 is 24.5 Å². The molecule has 0 saturated carbocycles. The van der Waals surface area contributed by atoms with Gasteiger partial charge in [-0.3, -0.25) is 0 Å². The highest BCUT2D eigenvalue weighted by Gasteiger charge is 1.96. The zero-order valence-corrected chi connectivity index (χ0v) is 6.39. The van der Waals surface area contributed by atoms with Crippen molar-refractivity contribution in [1.29, 1.82) is 0 Å². The monoisotopic (exact) mass is 153 g/mol. The second-order valence-electron chi connectivity index (χ2n) is 2.14. The van der Waals surface area contributed by atoms with Gasteiger partial charge in [-0.05, 0) is 18.6 Å². The molecule has 1 aromatic carbocycles. The van der Waals surface area contributed by atoms with E-state index >= 15 is 0 Å². The van der Waals surface area contributed by atoms with Crippen LogP contribution in [-0.4, -0.2) is 12.5 Å². The van der Waals surface area contributed by atoms with Crippen LogP contribution >= 0.6 is 11.6 Å². The van der Waals surface area contributed by atoms with Crippen LogP contribution < -0.4 is 5.46 Å². The SMILES string of the molecule is Cc1ccc([B]O)cc1Cl. The van der Waals surface area contributed by atoms with E-state index in [4.69, 9.17) is 16.6 Å². The zero-order chi connectivity index (χ0) is 7.56. The Bertz CT molecular complexity index is 237. The van der Waals surface area contributed by atoms with Crippen molar-refractivity contribution in [2.24, 2.45) is 0 Å². The largest absolute Gasteiger partial charge is 0.450 e. The van der Waals surface area contributed by atoms with E-state index < -0.39 is 0 Å². The van der Waals surface area contributed by atoms with E-state index in [1.807, 2.05) is 13.0 Å². The number of rotatable bonds is 1. The summed E-state index contributed by atoms with van der Waals surface area (Å²) in [6.07, 6.45) is 0. The Balaban J connectivity index is 3.04. The fourth-order valence-electron chi connectivity index (χ4n) is 0.689. The normalized spacial score (nSPS) is 9.50. The molecule has 1 nitrogen and oxygen atoms in total. The summed E-state index contributed by atoms with van der Waals surface area (Å²) in [6, 6.07) is 5.39. The lowest BCUT2D eigenvalue weighted by Crippen LogP contribution is -2.12. The molecule has 1 aromatic rings. The van der Waals surface area contributed by atoms with Crippen LogP contribution in [0.15, 0.2) is 18.2 Å². The number of benzene rings is 1. The second kappa shape index (κ2) is 3.08. The summed E-state index contributed by atoms with van der Waals surface area (Å²) in [4.78, 5) is 0. The molecule has 0 atom stereocenters. The molecule has 0 unspecified atom stereocenters. The summed E-state index contributed by atoms with van der Waals surface area (Å²) in [5.74, 6) is 0. The van der Waals surface area contributed by atoms with Crippen molar-refractivity contribution < 1.29 is 5.02 Å². The first-order valence-electron chi connectivity index (χ1n) is 2.97. The van der Waals surface area contributed by atoms with Gasteiger partial charge in [0.15, 0.2) is 0 Å². The van der Waals surface area contributed by atoms with Gasteiger partial charge in [0.1, 0.15) is 0 Å². The number of hydrogen-bond donors (Lipinski definition) is 1. The molecular formula is C7H7BClO. The number of aryl methyl sites for hydroxylation is 1. The van der Waals surface area contributed by atoms with Crippen LogP contribution in [0.25, 0.3) is 0 Å². The van der Waals surface area contributed by atoms with E-state index in [0.717, 1.165) is 18.5 Å². The molecule has 10 heavy (non-hydrogen) atoms. The highest BCUT2D eigenvalue weighted by atomic mass is 35.5. The van der Waals surface area contributed by atoms with Crippen LogP contribution in [0, 0.1) is 6.92 Å². The van der Waals surface area contributed by atoms with Crippen molar-refractivity contribution in [2.45, 2.75) is 6.92 Å². The molecule has 0 aromatic heterocycles. The first-order chi connectivity index (χ1) is 4.74. The van der Waals surface area contributed by atoms with Crippen molar-refractivity contribution in [3.8, 4) is 0 Å². The van der Waals surface area contributed by atoms with E-state index in [2.05, 4.69) is 0 Å². The summed E-state index contributed by atoms with van der Waals surface area (Å²) in [7, 11) is 1.03. The summed E-state index contributed by atoms with van der Waals surface area (Å²) < 4.78 is 0. The fraction of sp³-hybridized carbons (Fsp3) is 0.143. The van der Waals surface area contributed by atoms with E-state index in [9.17, 15) is 0 Å². The van der Waals surface area contributed by atoms with Crippen molar-refractivity contribution in [1.82, 2.24) is 0 Å². The van der Waals surface area contributed by atoms with E-state index in [-0.39, 0.29) is 0 Å². The Morgan fingerprint density at radius 1 is 1.50 bits per heavy atom. The van der Waals surface area contributed by atoms with Gasteiger partial charge < -0.3 is 5.02 Å².